The number of hydrogen-bond donors (Lipinski definition) is 0. The van der Waals surface area contributed by atoms with Crippen LogP contribution in [-0.4, -0.2) is 0 Å². The summed E-state index contributed by atoms with van der Waals surface area (Å²) in [6.45, 7) is 6.86. The predicted molar refractivity (Wildman–Crippen MR) is 70.6 cm³/mol. The Labute approximate surface area is 99.4 Å². The van der Waals surface area contributed by atoms with Gasteiger partial charge in [-0.2, -0.15) is 0 Å². The first-order chi connectivity index (χ1) is 7.54. The van der Waals surface area contributed by atoms with Gasteiger partial charge in [0.05, 0.1) is 0 Å². The summed E-state index contributed by atoms with van der Waals surface area (Å²) in [6.07, 6.45) is 6.35. The highest BCUT2D eigenvalue weighted by molar-refractivity contribution is 5.25. The molecule has 0 aromatic heterocycles. The van der Waals surface area contributed by atoms with Crippen LogP contribution in [0.3, 0.4) is 0 Å². The quantitative estimate of drug-likeness (QED) is 0.582. The monoisotopic (exact) mass is 214 g/mol. The van der Waals surface area contributed by atoms with Crippen molar-refractivity contribution in [2.24, 2.45) is 5.41 Å². The standard InChI is InChI=1S/C16H22/c1-16(2,3)12-13-9-10-15(11-13)14-7-5-4-6-8-14/h4-8,12,15H,9-11H2,1-3H3/b13-12-. The Kier molecular flexibility index (Phi) is 3.18. The highest BCUT2D eigenvalue weighted by Gasteiger charge is 2.22. The fourth-order valence-corrected chi connectivity index (χ4v) is 2.63. The molecule has 16 heavy (non-hydrogen) atoms. The molecule has 1 atom stereocenters. The van der Waals surface area contributed by atoms with Gasteiger partial charge in [0.1, 0.15) is 0 Å². The zero-order chi connectivity index (χ0) is 11.6. The van der Waals surface area contributed by atoms with Crippen LogP contribution in [0.25, 0.3) is 0 Å². The Morgan fingerprint density at radius 1 is 1.12 bits per heavy atom. The molecule has 0 spiro atoms. The van der Waals surface area contributed by atoms with E-state index in [1.165, 1.54) is 24.8 Å². The zero-order valence-electron chi connectivity index (χ0n) is 10.7. The van der Waals surface area contributed by atoms with Crippen molar-refractivity contribution in [2.45, 2.75) is 46.0 Å². The summed E-state index contributed by atoms with van der Waals surface area (Å²) in [5, 5.41) is 0. The number of rotatable bonds is 1. The van der Waals surface area contributed by atoms with Crippen LogP contribution >= 0.6 is 0 Å². The number of benzene rings is 1. The maximum atomic E-state index is 2.47. The molecule has 0 heteroatoms. The van der Waals surface area contributed by atoms with Crippen LogP contribution in [0, 0.1) is 5.41 Å². The summed E-state index contributed by atoms with van der Waals surface area (Å²) >= 11 is 0. The second kappa shape index (κ2) is 4.45. The predicted octanol–water partition coefficient (Wildman–Crippen LogP) is 4.93. The molecular formula is C16H22. The van der Waals surface area contributed by atoms with E-state index < -0.39 is 0 Å². The topological polar surface area (TPSA) is 0 Å². The van der Waals surface area contributed by atoms with Gasteiger partial charge in [-0.3, -0.25) is 0 Å². The van der Waals surface area contributed by atoms with E-state index in [9.17, 15) is 0 Å². The lowest BCUT2D eigenvalue weighted by Crippen LogP contribution is -2.00. The van der Waals surface area contributed by atoms with Gasteiger partial charge in [0.2, 0.25) is 0 Å². The minimum absolute atomic E-state index is 0.334. The first kappa shape index (κ1) is 11.4. The van der Waals surface area contributed by atoms with Crippen LogP contribution in [0.15, 0.2) is 42.0 Å². The Morgan fingerprint density at radius 2 is 1.81 bits per heavy atom. The molecule has 0 aliphatic heterocycles. The summed E-state index contributed by atoms with van der Waals surface area (Å²) in [7, 11) is 0. The van der Waals surface area contributed by atoms with E-state index in [0.717, 1.165) is 5.92 Å². The van der Waals surface area contributed by atoms with Gasteiger partial charge in [0.25, 0.3) is 0 Å². The van der Waals surface area contributed by atoms with Crippen LogP contribution in [0.4, 0.5) is 0 Å². The minimum atomic E-state index is 0.334. The lowest BCUT2D eigenvalue weighted by Gasteiger charge is -2.14. The summed E-state index contributed by atoms with van der Waals surface area (Å²) in [5.41, 5.74) is 3.50. The molecule has 1 aromatic carbocycles. The molecule has 0 heterocycles. The Morgan fingerprint density at radius 3 is 2.44 bits per heavy atom. The van der Waals surface area contributed by atoms with Gasteiger partial charge in [0, 0.05) is 0 Å². The normalized spacial score (nSPS) is 23.9. The van der Waals surface area contributed by atoms with Crippen molar-refractivity contribution >= 4 is 0 Å². The summed E-state index contributed by atoms with van der Waals surface area (Å²) < 4.78 is 0. The summed E-state index contributed by atoms with van der Waals surface area (Å²) in [6, 6.07) is 10.9. The Hall–Kier alpha value is -1.04. The van der Waals surface area contributed by atoms with Gasteiger partial charge in [-0.25, -0.2) is 0 Å². The fraction of sp³-hybridized carbons (Fsp3) is 0.500. The van der Waals surface area contributed by atoms with Gasteiger partial charge in [-0.05, 0) is 36.2 Å². The van der Waals surface area contributed by atoms with Gasteiger partial charge in [-0.15, -0.1) is 0 Å². The SMILES string of the molecule is CC(C)(C)/C=C1/CCC(c2ccccc2)C1. The molecule has 1 aromatic rings. The maximum absolute atomic E-state index is 2.47. The molecule has 0 saturated heterocycles. The Balaban J connectivity index is 2.07. The van der Waals surface area contributed by atoms with Crippen molar-refractivity contribution in [2.75, 3.05) is 0 Å². The lowest BCUT2D eigenvalue weighted by atomic mass is 9.92. The first-order valence-electron chi connectivity index (χ1n) is 6.30. The first-order valence-corrected chi connectivity index (χ1v) is 6.30. The van der Waals surface area contributed by atoms with Crippen LogP contribution in [0.1, 0.15) is 51.5 Å². The van der Waals surface area contributed by atoms with E-state index in [1.54, 1.807) is 5.57 Å². The summed E-state index contributed by atoms with van der Waals surface area (Å²) in [5.74, 6) is 0.759. The number of hydrogen-bond acceptors (Lipinski definition) is 0. The van der Waals surface area contributed by atoms with E-state index in [1.807, 2.05) is 0 Å². The molecule has 1 saturated carbocycles. The average Bonchev–Trinajstić information content (AvgIpc) is 2.65. The maximum Gasteiger partial charge on any atom is -0.0122 e. The molecule has 0 N–H and O–H groups in total. The van der Waals surface area contributed by atoms with Crippen LogP contribution in [-0.2, 0) is 0 Å². The van der Waals surface area contributed by atoms with Crippen molar-refractivity contribution in [3.8, 4) is 0 Å². The van der Waals surface area contributed by atoms with Crippen molar-refractivity contribution in [3.63, 3.8) is 0 Å². The largest absolute Gasteiger partial charge is 0.0799 e. The van der Waals surface area contributed by atoms with Crippen molar-refractivity contribution in [1.82, 2.24) is 0 Å². The molecule has 0 amide bonds. The highest BCUT2D eigenvalue weighted by atomic mass is 14.3. The van der Waals surface area contributed by atoms with Gasteiger partial charge < -0.3 is 0 Å². The third-order valence-electron chi connectivity index (χ3n) is 3.23. The van der Waals surface area contributed by atoms with Gasteiger partial charge in [0.15, 0.2) is 0 Å². The molecule has 0 bridgehead atoms. The van der Waals surface area contributed by atoms with Gasteiger partial charge in [-0.1, -0.05) is 62.8 Å². The second-order valence-electron chi connectivity index (χ2n) is 6.02. The van der Waals surface area contributed by atoms with E-state index >= 15 is 0 Å². The molecule has 86 valence electrons. The Bertz CT molecular complexity index is 365. The molecule has 0 nitrogen and oxygen atoms in total. The molecule has 2 rings (SSSR count). The molecular weight excluding hydrogens is 192 g/mol. The van der Waals surface area contributed by atoms with Crippen LogP contribution in [0.5, 0.6) is 0 Å². The van der Waals surface area contributed by atoms with Crippen molar-refractivity contribution in [3.05, 3.63) is 47.5 Å². The molecule has 1 unspecified atom stereocenters. The van der Waals surface area contributed by atoms with E-state index in [4.69, 9.17) is 0 Å². The highest BCUT2D eigenvalue weighted by Crippen LogP contribution is 2.39. The van der Waals surface area contributed by atoms with Gasteiger partial charge >= 0.3 is 0 Å². The third kappa shape index (κ3) is 2.98. The van der Waals surface area contributed by atoms with E-state index in [2.05, 4.69) is 57.2 Å². The average molecular weight is 214 g/mol. The minimum Gasteiger partial charge on any atom is -0.0799 e. The third-order valence-corrected chi connectivity index (χ3v) is 3.23. The molecule has 1 fully saturated rings. The van der Waals surface area contributed by atoms with Crippen molar-refractivity contribution < 1.29 is 0 Å². The molecule has 1 aliphatic rings. The summed E-state index contributed by atoms with van der Waals surface area (Å²) in [4.78, 5) is 0. The fourth-order valence-electron chi connectivity index (χ4n) is 2.63. The lowest BCUT2D eigenvalue weighted by molar-refractivity contribution is 0.537. The smallest absolute Gasteiger partial charge is 0.0122 e. The second-order valence-corrected chi connectivity index (χ2v) is 6.02. The number of allylic oxidation sites excluding steroid dienone is 2. The van der Waals surface area contributed by atoms with E-state index in [0.29, 0.717) is 5.41 Å². The molecule has 1 aliphatic carbocycles. The zero-order valence-corrected chi connectivity index (χ0v) is 10.7. The van der Waals surface area contributed by atoms with Crippen LogP contribution < -0.4 is 0 Å². The molecule has 0 radical (unpaired) electrons. The van der Waals surface area contributed by atoms with Crippen LogP contribution in [0.2, 0.25) is 0 Å². The van der Waals surface area contributed by atoms with E-state index in [-0.39, 0.29) is 0 Å². The van der Waals surface area contributed by atoms with Crippen molar-refractivity contribution in [1.29, 1.82) is 0 Å².